The molecule has 0 aromatic rings. The van der Waals surface area contributed by atoms with E-state index in [9.17, 15) is 0 Å². The van der Waals surface area contributed by atoms with Crippen molar-refractivity contribution >= 4 is 11.9 Å². The second-order valence-corrected chi connectivity index (χ2v) is 4.60. The van der Waals surface area contributed by atoms with Gasteiger partial charge in [-0.25, -0.2) is 0 Å². The second-order valence-electron chi connectivity index (χ2n) is 4.60. The van der Waals surface area contributed by atoms with Gasteiger partial charge in [0.15, 0.2) is 0 Å². The van der Waals surface area contributed by atoms with Crippen LogP contribution in [0.3, 0.4) is 0 Å². The summed E-state index contributed by atoms with van der Waals surface area (Å²) in [5.74, 6) is -2.17. The van der Waals surface area contributed by atoms with Gasteiger partial charge in [0.1, 0.15) is 0 Å². The molecule has 9 heteroatoms. The Bertz CT molecular complexity index is 182. The van der Waals surface area contributed by atoms with Crippen molar-refractivity contribution in [3.63, 3.8) is 0 Å². The average molecular weight is 431 g/mol. The first-order valence-electron chi connectivity index (χ1n) is 7.23. The van der Waals surface area contributed by atoms with Gasteiger partial charge in [-0.05, 0) is 65.7 Å². The zero-order chi connectivity index (χ0) is 15.6. The molecule has 2 heterocycles. The molecule has 0 radical (unpaired) electrons. The molecule has 2 saturated heterocycles. The van der Waals surface area contributed by atoms with E-state index in [0.29, 0.717) is 0 Å². The van der Waals surface area contributed by atoms with Crippen LogP contribution in [0, 0.1) is 0 Å². The molecular weight excluding hydrogens is 399 g/mol. The second kappa shape index (κ2) is 29.5. The van der Waals surface area contributed by atoms with Crippen LogP contribution in [-0.2, 0) is 30.0 Å². The van der Waals surface area contributed by atoms with E-state index in [2.05, 4.69) is 10.6 Å². The summed E-state index contributed by atoms with van der Waals surface area (Å²) in [4.78, 5) is 17.8. The molecule has 2 aliphatic heterocycles. The fraction of sp³-hybridized carbons (Fsp3) is 0.857. The van der Waals surface area contributed by atoms with Gasteiger partial charge in [0.25, 0.3) is 0 Å². The van der Waals surface area contributed by atoms with Crippen LogP contribution in [-0.4, -0.2) is 49.1 Å². The molecule has 2 aliphatic rings. The SMILES string of the molecule is C1CCNCC1.C1CCNCC1.CC(=O)[O-].CC(=O)[O-].O.O.[Pd+2]. The molecule has 0 aliphatic carbocycles. The number of hydrogen-bond donors (Lipinski definition) is 2. The van der Waals surface area contributed by atoms with Crippen molar-refractivity contribution in [2.24, 2.45) is 0 Å². The monoisotopic (exact) mass is 430 g/mol. The first kappa shape index (κ1) is 33.9. The number of carboxylic acid groups (broad SMARTS) is 2. The topological polar surface area (TPSA) is 167 Å². The minimum atomic E-state index is -1.08. The summed E-state index contributed by atoms with van der Waals surface area (Å²) in [5.41, 5.74) is 0. The summed E-state index contributed by atoms with van der Waals surface area (Å²) < 4.78 is 0. The number of piperidine rings is 2. The molecule has 0 spiro atoms. The van der Waals surface area contributed by atoms with Crippen molar-refractivity contribution in [1.29, 1.82) is 0 Å². The van der Waals surface area contributed by atoms with Gasteiger partial charge in [-0.3, -0.25) is 0 Å². The number of rotatable bonds is 0. The summed E-state index contributed by atoms with van der Waals surface area (Å²) in [6, 6.07) is 0. The van der Waals surface area contributed by atoms with E-state index >= 15 is 0 Å². The van der Waals surface area contributed by atoms with Gasteiger partial charge in [0.2, 0.25) is 0 Å². The quantitative estimate of drug-likeness (QED) is 0.399. The molecule has 0 unspecified atom stereocenters. The van der Waals surface area contributed by atoms with Crippen LogP contribution in [0.5, 0.6) is 0 Å². The third kappa shape index (κ3) is 61.9. The maximum Gasteiger partial charge on any atom is 2.00 e. The van der Waals surface area contributed by atoms with E-state index in [1.807, 2.05) is 0 Å². The van der Waals surface area contributed by atoms with E-state index in [-0.39, 0.29) is 31.4 Å². The maximum absolute atomic E-state index is 8.89. The van der Waals surface area contributed by atoms with Gasteiger partial charge in [-0.15, -0.1) is 0 Å². The molecular formula is C14H32N2O6Pd. The van der Waals surface area contributed by atoms with Crippen molar-refractivity contribution in [1.82, 2.24) is 10.6 Å². The molecule has 23 heavy (non-hydrogen) atoms. The van der Waals surface area contributed by atoms with Gasteiger partial charge in [-0.1, -0.05) is 12.8 Å². The third-order valence-corrected chi connectivity index (χ3v) is 2.41. The van der Waals surface area contributed by atoms with E-state index in [0.717, 1.165) is 13.8 Å². The Labute approximate surface area is 152 Å². The Morgan fingerprint density at radius 2 is 0.826 bits per heavy atom. The van der Waals surface area contributed by atoms with E-state index < -0.39 is 11.9 Å². The van der Waals surface area contributed by atoms with Crippen molar-refractivity contribution in [2.45, 2.75) is 52.4 Å². The average Bonchev–Trinajstić information content (AvgIpc) is 2.42. The summed E-state index contributed by atoms with van der Waals surface area (Å²) in [6.45, 7) is 6.94. The number of hydrogen-bond acceptors (Lipinski definition) is 6. The van der Waals surface area contributed by atoms with Crippen LogP contribution in [0.4, 0.5) is 0 Å². The summed E-state index contributed by atoms with van der Waals surface area (Å²) in [7, 11) is 0. The maximum atomic E-state index is 8.89. The Morgan fingerprint density at radius 1 is 0.652 bits per heavy atom. The Hall–Kier alpha value is -0.558. The van der Waals surface area contributed by atoms with Crippen LogP contribution in [0.1, 0.15) is 52.4 Å². The molecule has 144 valence electrons. The number of carbonyl (C=O) groups is 2. The van der Waals surface area contributed by atoms with Crippen LogP contribution in [0.25, 0.3) is 0 Å². The van der Waals surface area contributed by atoms with Crippen molar-refractivity contribution < 1.29 is 51.2 Å². The van der Waals surface area contributed by atoms with Gasteiger partial charge in [-0.2, -0.15) is 0 Å². The molecule has 0 saturated carbocycles. The summed E-state index contributed by atoms with van der Waals surface area (Å²) in [6.07, 6.45) is 8.43. The first-order chi connectivity index (χ1) is 9.46. The molecule has 0 atom stereocenters. The summed E-state index contributed by atoms with van der Waals surface area (Å²) >= 11 is 0. The van der Waals surface area contributed by atoms with Crippen LogP contribution in [0.15, 0.2) is 0 Å². The normalized spacial score (nSPS) is 14.7. The molecule has 0 amide bonds. The largest absolute Gasteiger partial charge is 2.00 e. The smallest absolute Gasteiger partial charge is 0.550 e. The number of aliphatic carboxylic acids is 2. The van der Waals surface area contributed by atoms with Crippen molar-refractivity contribution in [2.75, 3.05) is 26.2 Å². The number of nitrogens with one attached hydrogen (secondary N) is 2. The standard InChI is InChI=1S/2C5H11N.2C2H4O2.2H2O.Pd/c2*1-2-4-6-5-3-1;2*1-2(3)4;;;/h2*6H,1-5H2;2*1H3,(H,3,4);2*1H2;/q;;;;;;+2/p-2. The molecule has 6 N–H and O–H groups in total. The fourth-order valence-corrected chi connectivity index (χ4v) is 1.60. The van der Waals surface area contributed by atoms with Crippen molar-refractivity contribution in [3.05, 3.63) is 0 Å². The number of carbonyl (C=O) groups excluding carboxylic acids is 2. The van der Waals surface area contributed by atoms with Crippen molar-refractivity contribution in [3.8, 4) is 0 Å². The Balaban J connectivity index is -0.0000000613. The zero-order valence-corrected chi connectivity index (χ0v) is 15.6. The predicted octanol–water partition coefficient (Wildman–Crippen LogP) is -2.62. The Morgan fingerprint density at radius 3 is 0.870 bits per heavy atom. The van der Waals surface area contributed by atoms with Crippen LogP contribution in [0.2, 0.25) is 0 Å². The van der Waals surface area contributed by atoms with Crippen LogP contribution < -0.4 is 20.8 Å². The minimum absolute atomic E-state index is 0. The third-order valence-electron chi connectivity index (χ3n) is 2.41. The van der Waals surface area contributed by atoms with Gasteiger partial charge in [0.05, 0.1) is 0 Å². The van der Waals surface area contributed by atoms with Gasteiger partial charge in [0, 0.05) is 11.9 Å². The predicted molar refractivity (Wildman–Crippen MR) is 82.0 cm³/mol. The molecule has 8 nitrogen and oxygen atoms in total. The minimum Gasteiger partial charge on any atom is -0.550 e. The van der Waals surface area contributed by atoms with Gasteiger partial charge >= 0.3 is 20.4 Å². The van der Waals surface area contributed by atoms with Gasteiger partial charge < -0.3 is 41.4 Å². The van der Waals surface area contributed by atoms with E-state index in [4.69, 9.17) is 19.8 Å². The fourth-order valence-electron chi connectivity index (χ4n) is 1.60. The van der Waals surface area contributed by atoms with Crippen LogP contribution >= 0.6 is 0 Å². The molecule has 0 aromatic heterocycles. The first-order valence-corrected chi connectivity index (χ1v) is 7.23. The van der Waals surface area contributed by atoms with E-state index in [1.165, 1.54) is 64.7 Å². The summed E-state index contributed by atoms with van der Waals surface area (Å²) in [5, 5.41) is 24.3. The molecule has 2 rings (SSSR count). The molecule has 2 fully saturated rings. The zero-order valence-electron chi connectivity index (χ0n) is 14.0. The molecule has 0 aromatic carbocycles. The number of carboxylic acids is 2. The van der Waals surface area contributed by atoms with E-state index in [1.54, 1.807) is 0 Å². The molecule has 0 bridgehead atoms. The Kier molecular flexibility index (Phi) is 43.4.